The first-order valence-corrected chi connectivity index (χ1v) is 9.80. The maximum Gasteiger partial charge on any atom is 0.246 e. The average molecular weight is 406 g/mol. The smallest absolute Gasteiger partial charge is 0.246 e. The van der Waals surface area contributed by atoms with Gasteiger partial charge in [-0.25, -0.2) is 13.6 Å². The quantitative estimate of drug-likeness (QED) is 0.552. The number of ether oxygens (including phenoxy) is 1. The van der Waals surface area contributed by atoms with E-state index in [9.17, 15) is 18.0 Å². The van der Waals surface area contributed by atoms with E-state index < -0.39 is 16.1 Å². The number of hydrogen-bond acceptors (Lipinski definition) is 6. The highest BCUT2D eigenvalue weighted by atomic mass is 32.2. The molecule has 0 aliphatic carbocycles. The normalized spacial score (nSPS) is 12.0. The van der Waals surface area contributed by atoms with Crippen LogP contribution in [0.5, 0.6) is 5.75 Å². The molecular weight excluding hydrogens is 384 g/mol. The van der Waals surface area contributed by atoms with Gasteiger partial charge in [-0.1, -0.05) is 0 Å². The van der Waals surface area contributed by atoms with Crippen LogP contribution in [0.3, 0.4) is 0 Å². The Hall–Kier alpha value is -3.11. The predicted molar refractivity (Wildman–Crippen MR) is 107 cm³/mol. The van der Waals surface area contributed by atoms with Crippen LogP contribution in [0.4, 0.5) is 17.1 Å². The number of anilines is 3. The molecule has 0 radical (unpaired) electrons. The van der Waals surface area contributed by atoms with Crippen LogP contribution in [0.2, 0.25) is 0 Å². The first-order valence-electron chi connectivity index (χ1n) is 8.26. The highest BCUT2D eigenvalue weighted by Crippen LogP contribution is 2.28. The largest absolute Gasteiger partial charge is 0.495 e. The van der Waals surface area contributed by atoms with Crippen molar-refractivity contribution in [1.29, 1.82) is 0 Å². The lowest BCUT2D eigenvalue weighted by Gasteiger charge is -2.18. The summed E-state index contributed by atoms with van der Waals surface area (Å²) in [6, 6.07) is 9.87. The third-order valence-corrected chi connectivity index (χ3v) is 4.66. The van der Waals surface area contributed by atoms with Crippen molar-refractivity contribution in [2.45, 2.75) is 24.8 Å². The van der Waals surface area contributed by atoms with Crippen LogP contribution in [0.25, 0.3) is 0 Å². The van der Waals surface area contributed by atoms with Crippen LogP contribution in [-0.2, 0) is 19.6 Å². The number of nitrogens with one attached hydrogen (secondary N) is 3. The molecule has 2 rings (SSSR count). The minimum atomic E-state index is -3.79. The number of benzene rings is 2. The molecule has 28 heavy (non-hydrogen) atoms. The van der Waals surface area contributed by atoms with Gasteiger partial charge in [-0.15, -0.1) is 0 Å². The molecule has 0 fully saturated rings. The number of primary sulfonamides is 1. The molecule has 150 valence electrons. The Bertz CT molecular complexity index is 974. The maximum absolute atomic E-state index is 12.4. The Labute approximate surface area is 163 Å². The number of methoxy groups -OCH3 is 1. The molecule has 2 aromatic carbocycles. The minimum Gasteiger partial charge on any atom is -0.495 e. The van der Waals surface area contributed by atoms with Gasteiger partial charge in [0.05, 0.1) is 17.7 Å². The molecule has 0 aliphatic rings. The van der Waals surface area contributed by atoms with Gasteiger partial charge in [-0.05, 0) is 49.4 Å². The van der Waals surface area contributed by atoms with E-state index in [1.54, 1.807) is 25.1 Å². The molecule has 0 aromatic heterocycles. The second kappa shape index (κ2) is 8.72. The van der Waals surface area contributed by atoms with Crippen molar-refractivity contribution < 1.29 is 22.7 Å². The molecule has 2 aromatic rings. The van der Waals surface area contributed by atoms with Gasteiger partial charge in [-0.2, -0.15) is 0 Å². The van der Waals surface area contributed by atoms with E-state index in [1.165, 1.54) is 38.3 Å². The SMILES string of the molecule is COc1ccc(NC(C)=O)cc1N[C@@H](C)C(=O)Nc1ccc(S(N)(=O)=O)cc1. The van der Waals surface area contributed by atoms with E-state index in [4.69, 9.17) is 9.88 Å². The Morgan fingerprint density at radius 3 is 2.18 bits per heavy atom. The second-order valence-corrected chi connectivity index (χ2v) is 7.58. The van der Waals surface area contributed by atoms with E-state index in [1.807, 2.05) is 0 Å². The summed E-state index contributed by atoms with van der Waals surface area (Å²) in [6.45, 7) is 3.05. The number of carbonyl (C=O) groups is 2. The van der Waals surface area contributed by atoms with Crippen LogP contribution in [0.15, 0.2) is 47.4 Å². The molecule has 2 amide bonds. The lowest BCUT2D eigenvalue weighted by atomic mass is 10.2. The summed E-state index contributed by atoms with van der Waals surface area (Å²) in [5.74, 6) is -0.0635. The Morgan fingerprint density at radius 2 is 1.64 bits per heavy atom. The van der Waals surface area contributed by atoms with Gasteiger partial charge < -0.3 is 20.7 Å². The second-order valence-electron chi connectivity index (χ2n) is 6.02. The molecule has 1 atom stereocenters. The fraction of sp³-hybridized carbons (Fsp3) is 0.222. The number of carbonyl (C=O) groups excluding carboxylic acids is 2. The first-order chi connectivity index (χ1) is 13.1. The number of sulfonamides is 1. The third-order valence-electron chi connectivity index (χ3n) is 3.74. The van der Waals surface area contributed by atoms with Gasteiger partial charge in [0.15, 0.2) is 0 Å². The van der Waals surface area contributed by atoms with Crippen molar-refractivity contribution in [2.24, 2.45) is 5.14 Å². The molecule has 0 saturated heterocycles. The zero-order valence-electron chi connectivity index (χ0n) is 15.6. The number of nitrogens with two attached hydrogens (primary N) is 1. The van der Waals surface area contributed by atoms with Gasteiger partial charge in [-0.3, -0.25) is 9.59 Å². The molecular formula is C18H22N4O5S. The summed E-state index contributed by atoms with van der Waals surface area (Å²) in [4.78, 5) is 23.6. The van der Waals surface area contributed by atoms with Gasteiger partial charge in [0, 0.05) is 18.3 Å². The van der Waals surface area contributed by atoms with Crippen molar-refractivity contribution in [3.05, 3.63) is 42.5 Å². The van der Waals surface area contributed by atoms with Crippen molar-refractivity contribution in [1.82, 2.24) is 0 Å². The van der Waals surface area contributed by atoms with Crippen molar-refractivity contribution in [3.8, 4) is 5.75 Å². The molecule has 10 heteroatoms. The topological polar surface area (TPSA) is 140 Å². The first kappa shape index (κ1) is 21.2. The van der Waals surface area contributed by atoms with E-state index in [0.717, 1.165) is 0 Å². The molecule has 0 unspecified atom stereocenters. The summed E-state index contributed by atoms with van der Waals surface area (Å²) < 4.78 is 27.8. The Kier molecular flexibility index (Phi) is 6.60. The van der Waals surface area contributed by atoms with E-state index in [0.29, 0.717) is 22.8 Å². The molecule has 0 aliphatic heterocycles. The highest BCUT2D eigenvalue weighted by molar-refractivity contribution is 7.89. The Morgan fingerprint density at radius 1 is 1.04 bits per heavy atom. The summed E-state index contributed by atoms with van der Waals surface area (Å²) in [6.07, 6.45) is 0. The predicted octanol–water partition coefficient (Wildman–Crippen LogP) is 1.74. The molecule has 0 saturated carbocycles. The molecule has 5 N–H and O–H groups in total. The van der Waals surface area contributed by atoms with Crippen LogP contribution in [0, 0.1) is 0 Å². The number of hydrogen-bond donors (Lipinski definition) is 4. The van der Waals surface area contributed by atoms with Gasteiger partial charge in [0.2, 0.25) is 21.8 Å². The minimum absolute atomic E-state index is 0.0452. The molecule has 0 spiro atoms. The van der Waals surface area contributed by atoms with E-state index in [-0.39, 0.29) is 16.7 Å². The van der Waals surface area contributed by atoms with Gasteiger partial charge in [0.25, 0.3) is 0 Å². The van der Waals surface area contributed by atoms with E-state index in [2.05, 4.69) is 16.0 Å². The highest BCUT2D eigenvalue weighted by Gasteiger charge is 2.16. The van der Waals surface area contributed by atoms with Crippen LogP contribution >= 0.6 is 0 Å². The standard InChI is InChI=1S/C18H22N4O5S/c1-11(18(24)22-13-4-7-15(8-5-13)28(19,25)26)20-16-10-14(21-12(2)23)6-9-17(16)27-3/h4-11,20H,1-3H3,(H,21,23)(H,22,24)(H2,19,25,26)/t11-/m0/s1. The zero-order chi connectivity index (χ0) is 20.9. The summed E-state index contributed by atoms with van der Waals surface area (Å²) >= 11 is 0. The number of amides is 2. The van der Waals surface area contributed by atoms with Crippen LogP contribution in [-0.4, -0.2) is 33.4 Å². The maximum atomic E-state index is 12.4. The molecule has 0 bridgehead atoms. The van der Waals surface area contributed by atoms with Crippen molar-refractivity contribution >= 4 is 38.9 Å². The fourth-order valence-electron chi connectivity index (χ4n) is 2.38. The molecule has 9 nitrogen and oxygen atoms in total. The Balaban J connectivity index is 2.10. The lowest BCUT2D eigenvalue weighted by molar-refractivity contribution is -0.116. The van der Waals surface area contributed by atoms with Crippen LogP contribution in [0.1, 0.15) is 13.8 Å². The van der Waals surface area contributed by atoms with Crippen LogP contribution < -0.4 is 25.8 Å². The summed E-state index contributed by atoms with van der Waals surface area (Å²) in [5, 5.41) is 13.4. The van der Waals surface area contributed by atoms with Gasteiger partial charge >= 0.3 is 0 Å². The van der Waals surface area contributed by atoms with Crippen molar-refractivity contribution in [3.63, 3.8) is 0 Å². The monoisotopic (exact) mass is 406 g/mol. The fourth-order valence-corrected chi connectivity index (χ4v) is 2.89. The summed E-state index contributed by atoms with van der Waals surface area (Å²) in [5.41, 5.74) is 1.51. The lowest BCUT2D eigenvalue weighted by Crippen LogP contribution is -2.32. The van der Waals surface area contributed by atoms with E-state index >= 15 is 0 Å². The average Bonchev–Trinajstić information content (AvgIpc) is 2.61. The number of rotatable bonds is 7. The van der Waals surface area contributed by atoms with Gasteiger partial charge in [0.1, 0.15) is 11.8 Å². The molecule has 0 heterocycles. The zero-order valence-corrected chi connectivity index (χ0v) is 16.5. The third kappa shape index (κ3) is 5.69. The van der Waals surface area contributed by atoms with Crippen molar-refractivity contribution in [2.75, 3.05) is 23.1 Å². The summed E-state index contributed by atoms with van der Waals surface area (Å²) in [7, 11) is -2.30.